The third-order valence-electron chi connectivity index (χ3n) is 2.45. The van der Waals surface area contributed by atoms with Crippen molar-refractivity contribution in [2.75, 3.05) is 0 Å². The maximum Gasteiger partial charge on any atom is 0.417 e. The summed E-state index contributed by atoms with van der Waals surface area (Å²) < 4.78 is 38.4. The van der Waals surface area contributed by atoms with E-state index in [0.717, 1.165) is 6.07 Å². The molecule has 4 heteroatoms. The Bertz CT molecular complexity index is 532. The molecule has 0 aliphatic carbocycles. The average molecular weight is 236 g/mol. The lowest BCUT2D eigenvalue weighted by Crippen LogP contribution is -2.06. The number of benzene rings is 2. The van der Waals surface area contributed by atoms with Crippen LogP contribution in [-0.4, -0.2) is 0 Å². The molecule has 0 heterocycles. The second-order valence-electron chi connectivity index (χ2n) is 3.59. The highest BCUT2D eigenvalue weighted by Gasteiger charge is 2.33. The molecule has 0 aliphatic rings. The lowest BCUT2D eigenvalue weighted by molar-refractivity contribution is -0.137. The van der Waals surface area contributed by atoms with Crippen LogP contribution in [0.5, 0.6) is 0 Å². The molecule has 1 N–H and O–H groups in total. The van der Waals surface area contributed by atoms with Crippen molar-refractivity contribution in [1.82, 2.24) is 0 Å². The Hall–Kier alpha value is -1.97. The average Bonchev–Trinajstić information content (AvgIpc) is 2.28. The Kier molecular flexibility index (Phi) is 2.79. The van der Waals surface area contributed by atoms with Crippen molar-refractivity contribution in [2.24, 2.45) is 0 Å². The van der Waals surface area contributed by atoms with Crippen LogP contribution < -0.4 is 0 Å². The predicted molar refractivity (Wildman–Crippen MR) is 60.9 cm³/mol. The fraction of sp³-hybridized carbons (Fsp3) is 0.0769. The SMILES string of the molecule is [NH-]c1ccccc1-c1ccccc1C(F)(F)F. The van der Waals surface area contributed by atoms with Gasteiger partial charge in [0.2, 0.25) is 0 Å². The largest absolute Gasteiger partial charge is 0.698 e. The number of alkyl halides is 3. The van der Waals surface area contributed by atoms with Gasteiger partial charge in [-0.3, -0.25) is 0 Å². The number of hydrogen-bond acceptors (Lipinski definition) is 0. The Morgan fingerprint density at radius 3 is 1.88 bits per heavy atom. The molecule has 2 aromatic rings. The first-order valence-electron chi connectivity index (χ1n) is 4.97. The molecule has 0 unspecified atom stereocenters. The summed E-state index contributed by atoms with van der Waals surface area (Å²) in [4.78, 5) is 0. The number of rotatable bonds is 1. The van der Waals surface area contributed by atoms with Crippen LogP contribution in [0.3, 0.4) is 0 Å². The number of hydrogen-bond donors (Lipinski definition) is 0. The van der Waals surface area contributed by atoms with Gasteiger partial charge in [-0.25, -0.2) is 0 Å². The Labute approximate surface area is 96.7 Å². The summed E-state index contributed by atoms with van der Waals surface area (Å²) in [5.41, 5.74) is 7.36. The first-order valence-corrected chi connectivity index (χ1v) is 4.97. The second kappa shape index (κ2) is 4.13. The van der Waals surface area contributed by atoms with Gasteiger partial charge in [0, 0.05) is 0 Å². The third-order valence-corrected chi connectivity index (χ3v) is 2.45. The van der Waals surface area contributed by atoms with Gasteiger partial charge in [-0.2, -0.15) is 13.2 Å². The van der Waals surface area contributed by atoms with Crippen LogP contribution in [0.1, 0.15) is 5.56 Å². The molecular weight excluding hydrogens is 227 g/mol. The van der Waals surface area contributed by atoms with Crippen molar-refractivity contribution >= 4 is 5.69 Å². The van der Waals surface area contributed by atoms with Crippen molar-refractivity contribution in [3.63, 3.8) is 0 Å². The first-order chi connectivity index (χ1) is 8.00. The smallest absolute Gasteiger partial charge is 0.417 e. The molecule has 0 saturated heterocycles. The zero-order valence-corrected chi connectivity index (χ0v) is 8.75. The third kappa shape index (κ3) is 2.25. The van der Waals surface area contributed by atoms with Gasteiger partial charge in [0.1, 0.15) is 0 Å². The van der Waals surface area contributed by atoms with E-state index in [1.807, 2.05) is 0 Å². The summed E-state index contributed by atoms with van der Waals surface area (Å²) in [5, 5.41) is 0. The van der Waals surface area contributed by atoms with Crippen LogP contribution in [0, 0.1) is 0 Å². The summed E-state index contributed by atoms with van der Waals surface area (Å²) in [5.74, 6) is 0. The Balaban J connectivity index is 2.65. The van der Waals surface area contributed by atoms with Crippen molar-refractivity contribution in [1.29, 1.82) is 0 Å². The van der Waals surface area contributed by atoms with Gasteiger partial charge in [-0.05, 0) is 17.2 Å². The van der Waals surface area contributed by atoms with E-state index in [-0.39, 0.29) is 11.3 Å². The fourth-order valence-corrected chi connectivity index (χ4v) is 1.68. The molecule has 0 aliphatic heterocycles. The van der Waals surface area contributed by atoms with E-state index in [1.165, 1.54) is 30.3 Å². The molecule has 1 nitrogen and oxygen atoms in total. The van der Waals surface area contributed by atoms with Gasteiger partial charge in [0.05, 0.1) is 5.56 Å². The van der Waals surface area contributed by atoms with Crippen LogP contribution in [-0.2, 0) is 6.18 Å². The highest BCUT2D eigenvalue weighted by atomic mass is 19.4. The zero-order valence-electron chi connectivity index (χ0n) is 8.75. The number of halogens is 3. The lowest BCUT2D eigenvalue weighted by atomic mass is 9.98. The monoisotopic (exact) mass is 236 g/mol. The quantitative estimate of drug-likeness (QED) is 0.661. The predicted octanol–water partition coefficient (Wildman–Crippen LogP) is 5.06. The molecule has 0 radical (unpaired) electrons. The van der Waals surface area contributed by atoms with Crippen LogP contribution in [0.25, 0.3) is 16.9 Å². The molecular formula is C13H9F3N-. The molecule has 17 heavy (non-hydrogen) atoms. The lowest BCUT2D eigenvalue weighted by Gasteiger charge is -2.17. The standard InChI is InChI=1S/C13H9F3N/c14-13(15,16)11-7-3-1-5-9(11)10-6-2-4-8-12(10)17/h1-8,17H/q-1. The topological polar surface area (TPSA) is 23.8 Å². The maximum atomic E-state index is 12.8. The molecule has 0 aromatic heterocycles. The molecule has 2 aromatic carbocycles. The van der Waals surface area contributed by atoms with Crippen molar-refractivity contribution in [2.45, 2.75) is 6.18 Å². The summed E-state index contributed by atoms with van der Waals surface area (Å²) >= 11 is 0. The van der Waals surface area contributed by atoms with E-state index in [1.54, 1.807) is 12.1 Å². The highest BCUT2D eigenvalue weighted by molar-refractivity contribution is 5.80. The highest BCUT2D eigenvalue weighted by Crippen LogP contribution is 2.39. The van der Waals surface area contributed by atoms with E-state index in [2.05, 4.69) is 0 Å². The Morgan fingerprint density at radius 1 is 0.765 bits per heavy atom. The molecule has 2 rings (SSSR count). The molecule has 0 spiro atoms. The van der Waals surface area contributed by atoms with Crippen LogP contribution in [0.4, 0.5) is 18.9 Å². The van der Waals surface area contributed by atoms with E-state index < -0.39 is 11.7 Å². The van der Waals surface area contributed by atoms with Crippen LogP contribution >= 0.6 is 0 Å². The maximum absolute atomic E-state index is 12.8. The van der Waals surface area contributed by atoms with Crippen molar-refractivity contribution in [3.8, 4) is 11.1 Å². The second-order valence-corrected chi connectivity index (χ2v) is 3.59. The van der Waals surface area contributed by atoms with Crippen molar-refractivity contribution in [3.05, 3.63) is 59.8 Å². The normalized spacial score (nSPS) is 11.5. The fourth-order valence-electron chi connectivity index (χ4n) is 1.68. The molecule has 0 amide bonds. The van der Waals surface area contributed by atoms with Gasteiger partial charge >= 0.3 is 6.18 Å². The number of nitrogens with one attached hydrogen (secondary N) is 1. The molecule has 0 saturated carbocycles. The van der Waals surface area contributed by atoms with Crippen LogP contribution in [0.15, 0.2) is 48.5 Å². The van der Waals surface area contributed by atoms with Gasteiger partial charge in [-0.1, -0.05) is 42.5 Å². The van der Waals surface area contributed by atoms with Crippen LogP contribution in [0.2, 0.25) is 0 Å². The van der Waals surface area contributed by atoms with Gasteiger partial charge in [-0.15, -0.1) is 5.69 Å². The van der Waals surface area contributed by atoms with Gasteiger partial charge in [0.25, 0.3) is 0 Å². The van der Waals surface area contributed by atoms with Gasteiger partial charge in [0.15, 0.2) is 0 Å². The van der Waals surface area contributed by atoms with E-state index in [9.17, 15) is 13.2 Å². The molecule has 0 fully saturated rings. The minimum atomic E-state index is -4.40. The summed E-state index contributed by atoms with van der Waals surface area (Å²) in [7, 11) is 0. The zero-order chi connectivity index (χ0) is 12.5. The summed E-state index contributed by atoms with van der Waals surface area (Å²) in [6.07, 6.45) is -4.40. The first kappa shape index (κ1) is 11.5. The molecule has 0 atom stereocenters. The van der Waals surface area contributed by atoms with E-state index >= 15 is 0 Å². The van der Waals surface area contributed by atoms with Gasteiger partial charge < -0.3 is 5.73 Å². The minimum Gasteiger partial charge on any atom is -0.698 e. The summed E-state index contributed by atoms with van der Waals surface area (Å²) in [6, 6.07) is 11.5. The Morgan fingerprint density at radius 2 is 1.29 bits per heavy atom. The molecule has 88 valence electrons. The summed E-state index contributed by atoms with van der Waals surface area (Å²) in [6.45, 7) is 0. The van der Waals surface area contributed by atoms with E-state index in [4.69, 9.17) is 5.73 Å². The van der Waals surface area contributed by atoms with E-state index in [0.29, 0.717) is 5.56 Å². The minimum absolute atomic E-state index is 0.0469. The van der Waals surface area contributed by atoms with Crippen molar-refractivity contribution < 1.29 is 13.2 Å². The molecule has 0 bridgehead atoms.